The number of nitrogens with one attached hydrogen (secondary N) is 2. The molecule has 0 unspecified atom stereocenters. The first-order chi connectivity index (χ1) is 19.7. The predicted octanol–water partition coefficient (Wildman–Crippen LogP) is 7.38. The third-order valence-electron chi connectivity index (χ3n) is 5.57. The molecule has 0 saturated carbocycles. The van der Waals surface area contributed by atoms with Crippen molar-refractivity contribution in [1.29, 1.82) is 0 Å². The van der Waals surface area contributed by atoms with Crippen LogP contribution in [0.2, 0.25) is 5.02 Å². The highest BCUT2D eigenvalue weighted by molar-refractivity contribution is 9.10. The number of nitrogens with zero attached hydrogens (tertiary/aromatic N) is 3. The molecule has 2 amide bonds. The van der Waals surface area contributed by atoms with E-state index in [1.165, 1.54) is 16.7 Å². The lowest BCUT2D eigenvalue weighted by atomic mass is 10.1. The topological polar surface area (TPSA) is 88.9 Å². The van der Waals surface area contributed by atoms with Crippen LogP contribution in [-0.4, -0.2) is 32.3 Å². The molecular weight excluding hydrogens is 676 g/mol. The Morgan fingerprint density at radius 1 is 0.929 bits per heavy atom. The minimum atomic E-state index is -4.74. The lowest BCUT2D eigenvalue weighted by Gasteiger charge is -2.14. The van der Waals surface area contributed by atoms with Gasteiger partial charge in [-0.1, -0.05) is 51.4 Å². The summed E-state index contributed by atoms with van der Waals surface area (Å²) in [6.07, 6.45) is -9.38. The molecule has 16 heteroatoms. The molecule has 4 rings (SSSR count). The van der Waals surface area contributed by atoms with Crippen LogP contribution in [0.4, 0.5) is 32.0 Å². The van der Waals surface area contributed by atoms with Gasteiger partial charge in [-0.05, 0) is 54.6 Å². The van der Waals surface area contributed by atoms with E-state index >= 15 is 0 Å². The van der Waals surface area contributed by atoms with Crippen LogP contribution in [0, 0.1) is 0 Å². The van der Waals surface area contributed by atoms with Gasteiger partial charge in [-0.15, -0.1) is 10.2 Å². The first-order valence-electron chi connectivity index (χ1n) is 11.7. The van der Waals surface area contributed by atoms with Crippen molar-refractivity contribution in [2.24, 2.45) is 0 Å². The number of hydrogen-bond donors (Lipinski definition) is 2. The van der Waals surface area contributed by atoms with Crippen molar-refractivity contribution in [2.45, 2.75) is 24.1 Å². The molecule has 7 nitrogen and oxygen atoms in total. The van der Waals surface area contributed by atoms with Gasteiger partial charge in [0.1, 0.15) is 0 Å². The van der Waals surface area contributed by atoms with Gasteiger partial charge in [0.15, 0.2) is 11.0 Å². The maximum absolute atomic E-state index is 13.4. The zero-order valence-corrected chi connectivity index (χ0v) is 24.0. The molecule has 0 atom stereocenters. The number of rotatable bonds is 8. The van der Waals surface area contributed by atoms with Gasteiger partial charge in [0.25, 0.3) is 5.91 Å². The Labute approximate surface area is 251 Å². The Kier molecular flexibility index (Phi) is 9.53. The van der Waals surface area contributed by atoms with E-state index in [1.54, 1.807) is 24.3 Å². The van der Waals surface area contributed by atoms with Gasteiger partial charge in [0, 0.05) is 10.2 Å². The number of halogens is 8. The molecule has 0 aliphatic carbocycles. The second-order valence-corrected chi connectivity index (χ2v) is 10.7. The van der Waals surface area contributed by atoms with Crippen molar-refractivity contribution in [3.63, 3.8) is 0 Å². The van der Waals surface area contributed by atoms with Gasteiger partial charge in [-0.25, -0.2) is 0 Å². The van der Waals surface area contributed by atoms with E-state index in [9.17, 15) is 35.9 Å². The molecule has 3 aromatic carbocycles. The molecule has 0 bridgehead atoms. The molecule has 2 N–H and O–H groups in total. The van der Waals surface area contributed by atoms with E-state index in [-0.39, 0.29) is 34.0 Å². The lowest BCUT2D eigenvalue weighted by Crippen LogP contribution is -2.27. The summed E-state index contributed by atoms with van der Waals surface area (Å²) in [5.74, 6) is -1.85. The SMILES string of the molecule is O=C(CSc1nnc(CNC(=O)c2ccccc2C(F)(F)F)n1-c1ccc(Br)cc1)Nc1cc(C(F)(F)F)ccc1Cl. The standard InChI is InChI=1S/C26H17BrClF6N5O2S/c27-15-6-8-16(9-7-15)39-21(12-35-23(41)17-3-1-2-4-18(17)26(32,33)34)37-38-24(39)42-13-22(40)36-20-11-14(25(29,30)31)5-10-19(20)28/h1-11H,12-13H2,(H,35,41)(H,36,40). The number of thioether (sulfide) groups is 1. The maximum Gasteiger partial charge on any atom is 0.417 e. The van der Waals surface area contributed by atoms with Gasteiger partial charge in [-0.3, -0.25) is 14.2 Å². The van der Waals surface area contributed by atoms with Crippen molar-refractivity contribution < 1.29 is 35.9 Å². The van der Waals surface area contributed by atoms with Crippen LogP contribution < -0.4 is 10.6 Å². The number of hydrogen-bond acceptors (Lipinski definition) is 5. The number of carbonyl (C=O) groups excluding carboxylic acids is 2. The molecule has 4 aromatic rings. The van der Waals surface area contributed by atoms with Crippen molar-refractivity contribution in [1.82, 2.24) is 20.1 Å². The minimum Gasteiger partial charge on any atom is -0.345 e. The number of amides is 2. The number of aromatic nitrogens is 3. The molecule has 0 spiro atoms. The lowest BCUT2D eigenvalue weighted by molar-refractivity contribution is -0.138. The summed E-state index contributed by atoms with van der Waals surface area (Å²) in [6, 6.07) is 13.6. The van der Waals surface area contributed by atoms with E-state index in [1.807, 2.05) is 0 Å². The fourth-order valence-electron chi connectivity index (χ4n) is 3.65. The fraction of sp³-hybridized carbons (Fsp3) is 0.154. The van der Waals surface area contributed by atoms with Crippen LogP contribution in [0.1, 0.15) is 27.3 Å². The molecule has 0 saturated heterocycles. The number of anilines is 1. The summed E-state index contributed by atoms with van der Waals surface area (Å²) in [5.41, 5.74) is -2.38. The third-order valence-corrected chi connectivity index (χ3v) is 7.36. The van der Waals surface area contributed by atoms with Crippen molar-refractivity contribution >= 4 is 56.8 Å². The Hall–Kier alpha value is -3.56. The van der Waals surface area contributed by atoms with Crippen LogP contribution in [-0.2, 0) is 23.7 Å². The van der Waals surface area contributed by atoms with Gasteiger partial charge < -0.3 is 10.6 Å². The maximum atomic E-state index is 13.4. The molecule has 0 aliphatic heterocycles. The van der Waals surface area contributed by atoms with Gasteiger partial charge >= 0.3 is 12.4 Å². The fourth-order valence-corrected chi connectivity index (χ4v) is 4.85. The summed E-state index contributed by atoms with van der Waals surface area (Å²) in [7, 11) is 0. The van der Waals surface area contributed by atoms with Crippen molar-refractivity contribution in [3.8, 4) is 5.69 Å². The highest BCUT2D eigenvalue weighted by atomic mass is 79.9. The smallest absolute Gasteiger partial charge is 0.345 e. The van der Waals surface area contributed by atoms with Crippen LogP contribution in [0.25, 0.3) is 5.69 Å². The second kappa shape index (κ2) is 12.8. The Morgan fingerprint density at radius 2 is 1.62 bits per heavy atom. The van der Waals surface area contributed by atoms with E-state index in [2.05, 4.69) is 36.8 Å². The number of benzene rings is 3. The number of carbonyl (C=O) groups is 2. The summed E-state index contributed by atoms with van der Waals surface area (Å²) in [5, 5.41) is 12.9. The van der Waals surface area contributed by atoms with Crippen LogP contribution in [0.15, 0.2) is 76.4 Å². The molecular formula is C26H17BrClF6N5O2S. The van der Waals surface area contributed by atoms with Crippen molar-refractivity contribution in [2.75, 3.05) is 11.1 Å². The Bertz CT molecular complexity index is 1610. The van der Waals surface area contributed by atoms with E-state index < -0.39 is 40.9 Å². The summed E-state index contributed by atoms with van der Waals surface area (Å²) < 4.78 is 81.5. The van der Waals surface area contributed by atoms with Gasteiger partial charge in [0.2, 0.25) is 5.91 Å². The van der Waals surface area contributed by atoms with E-state index in [0.29, 0.717) is 11.8 Å². The van der Waals surface area contributed by atoms with E-state index in [4.69, 9.17) is 11.6 Å². The average Bonchev–Trinajstić information content (AvgIpc) is 3.33. The molecule has 220 valence electrons. The Balaban J connectivity index is 1.53. The molecule has 0 radical (unpaired) electrons. The highest BCUT2D eigenvalue weighted by Crippen LogP contribution is 2.34. The summed E-state index contributed by atoms with van der Waals surface area (Å²) in [4.78, 5) is 25.3. The first-order valence-corrected chi connectivity index (χ1v) is 13.8. The normalized spacial score (nSPS) is 11.8. The van der Waals surface area contributed by atoms with Crippen LogP contribution in [0.5, 0.6) is 0 Å². The number of alkyl halides is 6. The van der Waals surface area contributed by atoms with Gasteiger partial charge in [0.05, 0.1) is 39.7 Å². The largest absolute Gasteiger partial charge is 0.417 e. The van der Waals surface area contributed by atoms with Gasteiger partial charge in [-0.2, -0.15) is 26.3 Å². The average molecular weight is 693 g/mol. The predicted molar refractivity (Wildman–Crippen MR) is 147 cm³/mol. The second-order valence-electron chi connectivity index (χ2n) is 8.47. The summed E-state index contributed by atoms with van der Waals surface area (Å²) in [6.45, 7) is -0.319. The first kappa shape index (κ1) is 31.4. The zero-order chi connectivity index (χ0) is 30.7. The summed E-state index contributed by atoms with van der Waals surface area (Å²) >= 11 is 10.2. The zero-order valence-electron chi connectivity index (χ0n) is 20.9. The van der Waals surface area contributed by atoms with Crippen LogP contribution >= 0.6 is 39.3 Å². The third kappa shape index (κ3) is 7.63. The Morgan fingerprint density at radius 3 is 2.29 bits per heavy atom. The molecule has 0 aliphatic rings. The monoisotopic (exact) mass is 691 g/mol. The highest BCUT2D eigenvalue weighted by Gasteiger charge is 2.35. The minimum absolute atomic E-state index is 0.0931. The molecule has 42 heavy (non-hydrogen) atoms. The quantitative estimate of drug-likeness (QED) is 0.149. The van der Waals surface area contributed by atoms with Crippen molar-refractivity contribution in [3.05, 3.63) is 98.7 Å². The van der Waals surface area contributed by atoms with E-state index in [0.717, 1.165) is 40.5 Å². The molecule has 1 aromatic heterocycles. The molecule has 1 heterocycles. The van der Waals surface area contributed by atoms with Crippen LogP contribution in [0.3, 0.4) is 0 Å². The molecule has 0 fully saturated rings.